The second kappa shape index (κ2) is 6.56. The second-order valence-electron chi connectivity index (χ2n) is 5.45. The van der Waals surface area contributed by atoms with E-state index >= 15 is 0 Å². The Morgan fingerprint density at radius 3 is 2.40 bits per heavy atom. The van der Waals surface area contributed by atoms with Gasteiger partial charge in [-0.25, -0.2) is 4.79 Å². The number of nitriles is 1. The predicted octanol–water partition coefficient (Wildman–Crippen LogP) is 2.37. The largest absolute Gasteiger partial charge is 0.466 e. The number of esters is 2. The molecule has 1 unspecified atom stereocenters. The number of carbonyl (C=O) groups excluding carboxylic acids is 2. The van der Waals surface area contributed by atoms with Gasteiger partial charge in [-0.3, -0.25) is 4.79 Å². The third kappa shape index (κ3) is 3.38. The Kier molecular flexibility index (Phi) is 5.32. The van der Waals surface area contributed by atoms with Crippen molar-refractivity contribution in [3.8, 4) is 6.07 Å². The summed E-state index contributed by atoms with van der Waals surface area (Å²) >= 11 is 0. The van der Waals surface area contributed by atoms with E-state index in [0.29, 0.717) is 24.2 Å². The van der Waals surface area contributed by atoms with E-state index < -0.39 is 5.97 Å². The third-order valence-corrected chi connectivity index (χ3v) is 3.56. The van der Waals surface area contributed by atoms with Gasteiger partial charge in [0, 0.05) is 11.5 Å². The molecule has 0 N–H and O–H groups in total. The molecule has 1 aliphatic carbocycles. The maximum absolute atomic E-state index is 12.1. The molecule has 5 nitrogen and oxygen atoms in total. The Hall–Kier alpha value is -1.83. The van der Waals surface area contributed by atoms with Crippen LogP contribution >= 0.6 is 0 Å². The van der Waals surface area contributed by atoms with Gasteiger partial charge in [0.05, 0.1) is 31.3 Å². The number of rotatable bonds is 5. The summed E-state index contributed by atoms with van der Waals surface area (Å²) in [5.74, 6) is -1.19. The lowest BCUT2D eigenvalue weighted by Gasteiger charge is -2.27. The lowest BCUT2D eigenvalue weighted by molar-refractivity contribution is -0.145. The van der Waals surface area contributed by atoms with Crippen LogP contribution in [0, 0.1) is 22.7 Å². The first-order valence-electron chi connectivity index (χ1n) is 6.83. The van der Waals surface area contributed by atoms with E-state index in [9.17, 15) is 14.9 Å². The van der Waals surface area contributed by atoms with E-state index in [2.05, 4.69) is 6.07 Å². The minimum absolute atomic E-state index is 0.0974. The van der Waals surface area contributed by atoms with Gasteiger partial charge in [0.15, 0.2) is 0 Å². The monoisotopic (exact) mass is 279 g/mol. The fourth-order valence-electron chi connectivity index (χ4n) is 2.61. The van der Waals surface area contributed by atoms with Crippen LogP contribution in [0.5, 0.6) is 0 Å². The standard InChI is InChI=1S/C15H21NO4/c1-5-19-12(17)7-11-13(14(18)20-6-2)10(9-16)8-15(11,3)4/h11H,5-8H2,1-4H3. The summed E-state index contributed by atoms with van der Waals surface area (Å²) in [6, 6.07) is 2.07. The molecule has 0 aromatic heterocycles. The zero-order valence-electron chi connectivity index (χ0n) is 12.5. The Balaban J connectivity index is 3.07. The predicted molar refractivity (Wildman–Crippen MR) is 72.4 cm³/mol. The molecule has 0 radical (unpaired) electrons. The molecule has 0 aromatic rings. The van der Waals surface area contributed by atoms with Crippen molar-refractivity contribution in [2.24, 2.45) is 11.3 Å². The van der Waals surface area contributed by atoms with Gasteiger partial charge in [-0.05, 0) is 25.7 Å². The average Bonchev–Trinajstić information content (AvgIpc) is 2.61. The quantitative estimate of drug-likeness (QED) is 0.722. The highest BCUT2D eigenvalue weighted by atomic mass is 16.5. The van der Waals surface area contributed by atoms with Crippen LogP contribution in [-0.2, 0) is 19.1 Å². The van der Waals surface area contributed by atoms with Crippen LogP contribution in [-0.4, -0.2) is 25.2 Å². The lowest BCUT2D eigenvalue weighted by atomic mass is 9.76. The Morgan fingerprint density at radius 2 is 1.90 bits per heavy atom. The fourth-order valence-corrected chi connectivity index (χ4v) is 2.61. The van der Waals surface area contributed by atoms with Crippen molar-refractivity contribution < 1.29 is 19.1 Å². The van der Waals surface area contributed by atoms with Crippen LogP contribution in [0.25, 0.3) is 0 Å². The minimum atomic E-state index is -0.496. The van der Waals surface area contributed by atoms with E-state index in [4.69, 9.17) is 9.47 Å². The smallest absolute Gasteiger partial charge is 0.335 e. The van der Waals surface area contributed by atoms with Crippen LogP contribution in [0.1, 0.15) is 40.5 Å². The van der Waals surface area contributed by atoms with E-state index in [1.165, 1.54) is 0 Å². The van der Waals surface area contributed by atoms with Gasteiger partial charge in [0.1, 0.15) is 0 Å². The van der Waals surface area contributed by atoms with Crippen molar-refractivity contribution in [1.82, 2.24) is 0 Å². The van der Waals surface area contributed by atoms with Gasteiger partial charge in [-0.15, -0.1) is 0 Å². The maximum atomic E-state index is 12.1. The number of carbonyl (C=O) groups is 2. The first-order valence-corrected chi connectivity index (χ1v) is 6.83. The van der Waals surface area contributed by atoms with Gasteiger partial charge in [-0.1, -0.05) is 13.8 Å². The molecule has 0 spiro atoms. The molecular formula is C15H21NO4. The first kappa shape index (κ1) is 16.2. The average molecular weight is 279 g/mol. The van der Waals surface area contributed by atoms with Gasteiger partial charge < -0.3 is 9.47 Å². The number of hydrogen-bond donors (Lipinski definition) is 0. The second-order valence-corrected chi connectivity index (χ2v) is 5.45. The molecule has 0 aliphatic heterocycles. The molecule has 0 fully saturated rings. The molecule has 1 aliphatic rings. The molecule has 5 heteroatoms. The number of nitrogens with zero attached hydrogens (tertiary/aromatic N) is 1. The van der Waals surface area contributed by atoms with Crippen LogP contribution < -0.4 is 0 Å². The van der Waals surface area contributed by atoms with Gasteiger partial charge >= 0.3 is 11.9 Å². The minimum Gasteiger partial charge on any atom is -0.466 e. The van der Waals surface area contributed by atoms with Crippen molar-refractivity contribution in [2.75, 3.05) is 13.2 Å². The summed E-state index contributed by atoms with van der Waals surface area (Å²) in [5.41, 5.74) is 0.426. The number of hydrogen-bond acceptors (Lipinski definition) is 5. The maximum Gasteiger partial charge on any atom is 0.335 e. The van der Waals surface area contributed by atoms with Gasteiger partial charge in [0.25, 0.3) is 0 Å². The Morgan fingerprint density at radius 1 is 1.30 bits per heavy atom. The highest BCUT2D eigenvalue weighted by Crippen LogP contribution is 2.48. The van der Waals surface area contributed by atoms with E-state index in [1.54, 1.807) is 13.8 Å². The molecule has 0 amide bonds. The van der Waals surface area contributed by atoms with E-state index in [1.807, 2.05) is 13.8 Å². The molecule has 0 aromatic carbocycles. The molecular weight excluding hydrogens is 258 g/mol. The zero-order chi connectivity index (χ0) is 15.3. The molecule has 1 rings (SSSR count). The van der Waals surface area contributed by atoms with Gasteiger partial charge in [-0.2, -0.15) is 5.26 Å². The molecule has 0 heterocycles. The topological polar surface area (TPSA) is 76.4 Å². The van der Waals surface area contributed by atoms with E-state index in [-0.39, 0.29) is 30.3 Å². The molecule has 0 saturated carbocycles. The molecule has 0 saturated heterocycles. The summed E-state index contributed by atoms with van der Waals surface area (Å²) in [6.07, 6.45) is 0.571. The summed E-state index contributed by atoms with van der Waals surface area (Å²) in [7, 11) is 0. The molecule has 1 atom stereocenters. The Bertz CT molecular complexity index is 471. The third-order valence-electron chi connectivity index (χ3n) is 3.56. The fraction of sp³-hybridized carbons (Fsp3) is 0.667. The van der Waals surface area contributed by atoms with Crippen molar-refractivity contribution in [3.63, 3.8) is 0 Å². The highest BCUT2D eigenvalue weighted by molar-refractivity contribution is 5.92. The normalized spacial score (nSPS) is 20.4. The lowest BCUT2D eigenvalue weighted by Crippen LogP contribution is -2.27. The van der Waals surface area contributed by atoms with E-state index in [0.717, 1.165) is 0 Å². The number of allylic oxidation sites excluding steroid dienone is 1. The zero-order valence-corrected chi connectivity index (χ0v) is 12.5. The van der Waals surface area contributed by atoms with Crippen molar-refractivity contribution in [2.45, 2.75) is 40.5 Å². The molecule has 0 bridgehead atoms. The molecule has 20 heavy (non-hydrogen) atoms. The summed E-state index contributed by atoms with van der Waals surface area (Å²) in [5, 5.41) is 9.21. The van der Waals surface area contributed by atoms with Crippen molar-refractivity contribution >= 4 is 11.9 Å². The SMILES string of the molecule is CCOC(=O)CC1C(C(=O)OCC)=C(C#N)CC1(C)C. The van der Waals surface area contributed by atoms with Crippen LogP contribution in [0.2, 0.25) is 0 Å². The van der Waals surface area contributed by atoms with Crippen molar-refractivity contribution in [3.05, 3.63) is 11.1 Å². The first-order chi connectivity index (χ1) is 9.37. The van der Waals surface area contributed by atoms with Gasteiger partial charge in [0.2, 0.25) is 0 Å². The highest BCUT2D eigenvalue weighted by Gasteiger charge is 2.45. The summed E-state index contributed by atoms with van der Waals surface area (Å²) < 4.78 is 9.98. The summed E-state index contributed by atoms with van der Waals surface area (Å²) in [4.78, 5) is 23.8. The van der Waals surface area contributed by atoms with Crippen LogP contribution in [0.4, 0.5) is 0 Å². The number of ether oxygens (including phenoxy) is 2. The van der Waals surface area contributed by atoms with Crippen LogP contribution in [0.15, 0.2) is 11.1 Å². The van der Waals surface area contributed by atoms with Crippen molar-refractivity contribution in [1.29, 1.82) is 5.26 Å². The Labute approximate surface area is 119 Å². The summed E-state index contributed by atoms with van der Waals surface area (Å²) in [6.45, 7) is 7.88. The molecule has 110 valence electrons. The van der Waals surface area contributed by atoms with Crippen LogP contribution in [0.3, 0.4) is 0 Å².